The van der Waals surface area contributed by atoms with E-state index in [9.17, 15) is 0 Å². The van der Waals surface area contributed by atoms with Crippen molar-refractivity contribution in [3.05, 3.63) is 35.0 Å². The predicted molar refractivity (Wildman–Crippen MR) is 58.2 cm³/mol. The van der Waals surface area contributed by atoms with Crippen LogP contribution in [0.2, 0.25) is 5.15 Å². The molecule has 0 bridgehead atoms. The molecule has 0 unspecified atom stereocenters. The van der Waals surface area contributed by atoms with E-state index >= 15 is 0 Å². The molecule has 14 heavy (non-hydrogen) atoms. The van der Waals surface area contributed by atoms with Gasteiger partial charge in [-0.25, -0.2) is 0 Å². The number of halogens is 1. The maximum absolute atomic E-state index is 5.79. The van der Waals surface area contributed by atoms with Gasteiger partial charge in [-0.2, -0.15) is 5.10 Å². The average Bonchev–Trinajstić information content (AvgIpc) is 2.49. The van der Waals surface area contributed by atoms with Crippen LogP contribution in [0.1, 0.15) is 5.56 Å². The molecule has 0 saturated carbocycles. The van der Waals surface area contributed by atoms with Gasteiger partial charge in [0.1, 0.15) is 10.8 Å². The number of hydrogen-bond donors (Lipinski definition) is 2. The summed E-state index contributed by atoms with van der Waals surface area (Å²) in [6.07, 6.45) is 0. The van der Waals surface area contributed by atoms with Gasteiger partial charge in [0.2, 0.25) is 0 Å². The molecular formula is C10H10ClN3. The van der Waals surface area contributed by atoms with E-state index in [0.717, 1.165) is 11.1 Å². The molecule has 72 valence electrons. The molecular weight excluding hydrogens is 198 g/mol. The number of benzene rings is 1. The topological polar surface area (TPSA) is 54.7 Å². The predicted octanol–water partition coefficient (Wildman–Crippen LogP) is 2.62. The Balaban J connectivity index is 2.60. The Morgan fingerprint density at radius 1 is 1.36 bits per heavy atom. The third-order valence-electron chi connectivity index (χ3n) is 2.16. The standard InChI is InChI=1S/C10H10ClN3/c1-6-4-2-3-5-7(6)9-8(12)10(11)14-13-9/h2-5H,12H2,1H3,(H,13,14). The number of anilines is 1. The number of nitrogens with one attached hydrogen (secondary N) is 1. The van der Waals surface area contributed by atoms with Gasteiger partial charge in [-0.05, 0) is 12.5 Å². The number of aryl methyl sites for hydroxylation is 1. The third-order valence-corrected chi connectivity index (χ3v) is 2.45. The number of nitrogens with two attached hydrogens (primary N) is 1. The van der Waals surface area contributed by atoms with Crippen LogP contribution in [0.5, 0.6) is 0 Å². The Labute approximate surface area is 86.9 Å². The minimum atomic E-state index is 0.392. The van der Waals surface area contributed by atoms with Crippen LogP contribution in [0, 0.1) is 6.92 Å². The molecule has 2 aromatic rings. The molecule has 0 aliphatic rings. The van der Waals surface area contributed by atoms with Crippen molar-refractivity contribution in [2.45, 2.75) is 6.92 Å². The number of rotatable bonds is 1. The molecule has 1 aromatic carbocycles. The smallest absolute Gasteiger partial charge is 0.148 e. The van der Waals surface area contributed by atoms with Gasteiger partial charge in [0.05, 0.1) is 5.69 Å². The van der Waals surface area contributed by atoms with Crippen molar-refractivity contribution in [2.75, 3.05) is 5.73 Å². The van der Waals surface area contributed by atoms with E-state index in [2.05, 4.69) is 10.2 Å². The molecule has 0 saturated heterocycles. The van der Waals surface area contributed by atoms with E-state index in [1.54, 1.807) is 0 Å². The fraction of sp³-hybridized carbons (Fsp3) is 0.100. The summed E-state index contributed by atoms with van der Waals surface area (Å²) < 4.78 is 0. The highest BCUT2D eigenvalue weighted by atomic mass is 35.5. The highest BCUT2D eigenvalue weighted by Gasteiger charge is 2.11. The number of hydrogen-bond acceptors (Lipinski definition) is 2. The average molecular weight is 208 g/mol. The fourth-order valence-corrected chi connectivity index (χ4v) is 1.51. The Hall–Kier alpha value is -1.48. The van der Waals surface area contributed by atoms with E-state index < -0.39 is 0 Å². The first-order valence-electron chi connectivity index (χ1n) is 4.25. The molecule has 0 amide bonds. The third kappa shape index (κ3) is 1.36. The first-order valence-corrected chi connectivity index (χ1v) is 4.63. The first-order chi connectivity index (χ1) is 6.70. The van der Waals surface area contributed by atoms with Crippen LogP contribution in [0.3, 0.4) is 0 Å². The van der Waals surface area contributed by atoms with Crippen molar-refractivity contribution in [1.82, 2.24) is 10.2 Å². The molecule has 0 spiro atoms. The Kier molecular flexibility index (Phi) is 2.17. The molecule has 0 atom stereocenters. The molecule has 0 radical (unpaired) electrons. The van der Waals surface area contributed by atoms with E-state index in [1.807, 2.05) is 31.2 Å². The maximum Gasteiger partial charge on any atom is 0.148 e. The van der Waals surface area contributed by atoms with Crippen LogP contribution in [-0.4, -0.2) is 10.2 Å². The van der Waals surface area contributed by atoms with Gasteiger partial charge < -0.3 is 5.73 Å². The lowest BCUT2D eigenvalue weighted by Gasteiger charge is -2.02. The molecule has 0 fully saturated rings. The minimum Gasteiger partial charge on any atom is -0.394 e. The number of aromatic amines is 1. The number of H-pyrrole nitrogens is 1. The molecule has 0 aliphatic carbocycles. The highest BCUT2D eigenvalue weighted by molar-refractivity contribution is 6.32. The van der Waals surface area contributed by atoms with Gasteiger partial charge >= 0.3 is 0 Å². The minimum absolute atomic E-state index is 0.392. The van der Waals surface area contributed by atoms with Gasteiger partial charge in [-0.3, -0.25) is 5.10 Å². The summed E-state index contributed by atoms with van der Waals surface area (Å²) in [5.41, 5.74) is 9.13. The quantitative estimate of drug-likeness (QED) is 0.755. The lowest BCUT2D eigenvalue weighted by atomic mass is 10.1. The van der Waals surface area contributed by atoms with Gasteiger partial charge in [0, 0.05) is 5.56 Å². The zero-order valence-corrected chi connectivity index (χ0v) is 8.47. The summed E-state index contributed by atoms with van der Waals surface area (Å²) in [5, 5.41) is 7.11. The van der Waals surface area contributed by atoms with Crippen LogP contribution in [0.15, 0.2) is 24.3 Å². The van der Waals surface area contributed by atoms with Crippen molar-refractivity contribution in [1.29, 1.82) is 0 Å². The maximum atomic E-state index is 5.79. The molecule has 3 N–H and O–H groups in total. The number of nitrogens with zero attached hydrogens (tertiary/aromatic N) is 1. The zero-order chi connectivity index (χ0) is 10.1. The monoisotopic (exact) mass is 207 g/mol. The highest BCUT2D eigenvalue weighted by Crippen LogP contribution is 2.30. The fourth-order valence-electron chi connectivity index (χ4n) is 1.37. The molecule has 1 heterocycles. The van der Waals surface area contributed by atoms with E-state index in [1.165, 1.54) is 0 Å². The van der Waals surface area contributed by atoms with Crippen LogP contribution >= 0.6 is 11.6 Å². The molecule has 0 aliphatic heterocycles. The summed E-state index contributed by atoms with van der Waals surface area (Å²) in [6, 6.07) is 7.91. The number of nitrogen functional groups attached to an aromatic ring is 1. The molecule has 4 heteroatoms. The van der Waals surface area contributed by atoms with Crippen molar-refractivity contribution < 1.29 is 0 Å². The van der Waals surface area contributed by atoms with Gasteiger partial charge in [0.15, 0.2) is 0 Å². The van der Waals surface area contributed by atoms with Crippen molar-refractivity contribution >= 4 is 17.3 Å². The van der Waals surface area contributed by atoms with Crippen LogP contribution in [0.25, 0.3) is 11.3 Å². The summed E-state index contributed by atoms with van der Waals surface area (Å²) in [4.78, 5) is 0. The summed E-state index contributed by atoms with van der Waals surface area (Å²) in [7, 11) is 0. The van der Waals surface area contributed by atoms with Crippen molar-refractivity contribution in [3.63, 3.8) is 0 Å². The SMILES string of the molecule is Cc1ccccc1-c1n[nH]c(Cl)c1N. The van der Waals surface area contributed by atoms with Crippen LogP contribution < -0.4 is 5.73 Å². The Bertz CT molecular complexity index is 462. The second kappa shape index (κ2) is 3.35. The second-order valence-corrected chi connectivity index (χ2v) is 3.49. The first kappa shape index (κ1) is 9.09. The van der Waals surface area contributed by atoms with E-state index in [0.29, 0.717) is 16.5 Å². The number of aromatic nitrogens is 2. The normalized spacial score (nSPS) is 10.4. The lowest BCUT2D eigenvalue weighted by Crippen LogP contribution is -1.89. The van der Waals surface area contributed by atoms with Crippen LogP contribution in [-0.2, 0) is 0 Å². The summed E-state index contributed by atoms with van der Waals surface area (Å²) in [6.45, 7) is 2.01. The van der Waals surface area contributed by atoms with Gasteiger partial charge in [-0.1, -0.05) is 35.9 Å². The lowest BCUT2D eigenvalue weighted by molar-refractivity contribution is 1.09. The molecule has 2 rings (SSSR count). The summed E-state index contributed by atoms with van der Waals surface area (Å²) in [5.74, 6) is 0. The molecule has 1 aromatic heterocycles. The Morgan fingerprint density at radius 2 is 2.07 bits per heavy atom. The zero-order valence-electron chi connectivity index (χ0n) is 7.71. The largest absolute Gasteiger partial charge is 0.394 e. The van der Waals surface area contributed by atoms with Crippen molar-refractivity contribution in [3.8, 4) is 11.3 Å². The van der Waals surface area contributed by atoms with Crippen molar-refractivity contribution in [2.24, 2.45) is 0 Å². The van der Waals surface area contributed by atoms with Gasteiger partial charge in [-0.15, -0.1) is 0 Å². The van der Waals surface area contributed by atoms with E-state index in [-0.39, 0.29) is 0 Å². The Morgan fingerprint density at radius 3 is 2.64 bits per heavy atom. The summed E-state index contributed by atoms with van der Waals surface area (Å²) >= 11 is 5.79. The van der Waals surface area contributed by atoms with Gasteiger partial charge in [0.25, 0.3) is 0 Å². The van der Waals surface area contributed by atoms with E-state index in [4.69, 9.17) is 17.3 Å². The van der Waals surface area contributed by atoms with Crippen LogP contribution in [0.4, 0.5) is 5.69 Å². The molecule has 3 nitrogen and oxygen atoms in total. The second-order valence-electron chi connectivity index (χ2n) is 3.11.